The lowest BCUT2D eigenvalue weighted by Gasteiger charge is -1.93. The summed E-state index contributed by atoms with van der Waals surface area (Å²) in [4.78, 5) is 0. The largest absolute Gasteiger partial charge is 0.754 e. The van der Waals surface area contributed by atoms with Gasteiger partial charge in [-0.15, -0.1) is 0 Å². The lowest BCUT2D eigenvalue weighted by Crippen LogP contribution is -1.85. The molecule has 0 heterocycles. The zero-order valence-electron chi connectivity index (χ0n) is 4.17. The van der Waals surface area contributed by atoms with Gasteiger partial charge in [0.25, 0.3) is 0 Å². The summed E-state index contributed by atoms with van der Waals surface area (Å²) in [5.74, 6) is 0. The van der Waals surface area contributed by atoms with Gasteiger partial charge >= 0.3 is 0 Å². The highest BCUT2D eigenvalue weighted by Crippen LogP contribution is 1.76. The monoisotopic (exact) mass is 120 g/mol. The molecule has 0 aromatic heterocycles. The van der Waals surface area contributed by atoms with Crippen LogP contribution in [-0.4, -0.2) is 14.5 Å². The Bertz CT molecular complexity index is 106. The van der Waals surface area contributed by atoms with Gasteiger partial charge in [0.1, 0.15) is 0 Å². The van der Waals surface area contributed by atoms with Crippen molar-refractivity contribution in [1.82, 2.24) is 0 Å². The fraction of sp³-hybridized carbons (Fsp3) is 0.667. The molecule has 0 aromatic rings. The zero-order chi connectivity index (χ0) is 5.86. The fourth-order valence-electron chi connectivity index (χ4n) is 0.149. The first-order chi connectivity index (χ1) is 3.13. The fourth-order valence-corrected chi connectivity index (χ4v) is 0.447. The minimum Gasteiger partial charge on any atom is -0.754 e. The maximum atomic E-state index is 9.62. The predicted molar refractivity (Wildman–Crippen MR) is 27.7 cm³/mol. The molecule has 0 N–H and O–H groups in total. The Hall–Kier alpha value is -0.220. The van der Waals surface area contributed by atoms with E-state index in [9.17, 15) is 8.76 Å². The summed E-state index contributed by atoms with van der Waals surface area (Å²) in [5, 5.41) is 0. The standard InChI is InChI=1S/C3H7NO2S/c1-3(2)4-7(5)6/h1-2H3,(H,5,6)/p-1. The number of hydrogen-bond acceptors (Lipinski definition) is 2. The molecular formula is C3H6NO2S-. The Morgan fingerprint density at radius 1 is 1.71 bits per heavy atom. The molecule has 7 heavy (non-hydrogen) atoms. The van der Waals surface area contributed by atoms with Crippen molar-refractivity contribution in [2.45, 2.75) is 13.8 Å². The summed E-state index contributed by atoms with van der Waals surface area (Å²) in [6.07, 6.45) is 0. The van der Waals surface area contributed by atoms with E-state index in [1.807, 2.05) is 0 Å². The van der Waals surface area contributed by atoms with Crippen molar-refractivity contribution < 1.29 is 8.76 Å². The van der Waals surface area contributed by atoms with Gasteiger partial charge in [0.15, 0.2) is 0 Å². The lowest BCUT2D eigenvalue weighted by atomic mass is 10.5. The van der Waals surface area contributed by atoms with E-state index in [2.05, 4.69) is 4.40 Å². The molecule has 1 unspecified atom stereocenters. The van der Waals surface area contributed by atoms with Crippen LogP contribution >= 0.6 is 0 Å². The molecule has 4 heteroatoms. The maximum Gasteiger partial charge on any atom is 0.0675 e. The molecule has 1 atom stereocenters. The Labute approximate surface area is 44.9 Å². The predicted octanol–water partition coefficient (Wildman–Crippen LogP) is 0.261. The van der Waals surface area contributed by atoms with E-state index in [-0.39, 0.29) is 0 Å². The average molecular weight is 120 g/mol. The molecule has 0 amide bonds. The van der Waals surface area contributed by atoms with Crippen molar-refractivity contribution in [3.63, 3.8) is 0 Å². The van der Waals surface area contributed by atoms with Gasteiger partial charge in [0.2, 0.25) is 0 Å². The van der Waals surface area contributed by atoms with Crippen LogP contribution in [-0.2, 0) is 11.3 Å². The van der Waals surface area contributed by atoms with E-state index >= 15 is 0 Å². The molecule has 0 radical (unpaired) electrons. The van der Waals surface area contributed by atoms with Gasteiger partial charge in [-0.1, -0.05) is 0 Å². The van der Waals surface area contributed by atoms with Gasteiger partial charge in [-0.25, -0.2) is 4.40 Å². The number of hydrogen-bond donors (Lipinski definition) is 0. The van der Waals surface area contributed by atoms with Crippen LogP contribution in [0.2, 0.25) is 0 Å². The molecule has 0 aliphatic carbocycles. The van der Waals surface area contributed by atoms with Crippen LogP contribution in [0.15, 0.2) is 4.40 Å². The van der Waals surface area contributed by atoms with E-state index in [1.165, 1.54) is 0 Å². The quantitative estimate of drug-likeness (QED) is 0.368. The molecule has 0 rings (SSSR count). The summed E-state index contributed by atoms with van der Waals surface area (Å²) in [6.45, 7) is 3.24. The van der Waals surface area contributed by atoms with Gasteiger partial charge in [0, 0.05) is 5.71 Å². The molecule has 0 bridgehead atoms. The van der Waals surface area contributed by atoms with Crippen LogP contribution in [0.4, 0.5) is 0 Å². The summed E-state index contributed by atoms with van der Waals surface area (Å²) in [6, 6.07) is 0. The molecule has 0 spiro atoms. The van der Waals surface area contributed by atoms with Crippen molar-refractivity contribution >= 4 is 17.0 Å². The first-order valence-corrected chi connectivity index (χ1v) is 2.77. The normalized spacial score (nSPS) is 13.0. The highest BCUT2D eigenvalue weighted by atomic mass is 32.2. The van der Waals surface area contributed by atoms with Gasteiger partial charge in [-0.2, -0.15) is 0 Å². The molecule has 42 valence electrons. The van der Waals surface area contributed by atoms with Crippen molar-refractivity contribution in [3.05, 3.63) is 0 Å². The topological polar surface area (TPSA) is 52.5 Å². The van der Waals surface area contributed by atoms with Crippen LogP contribution in [0, 0.1) is 0 Å². The third-order valence-electron chi connectivity index (χ3n) is 0.257. The minimum absolute atomic E-state index is 0.549. The maximum absolute atomic E-state index is 9.62. The summed E-state index contributed by atoms with van der Waals surface area (Å²) in [5.41, 5.74) is 0.549. The van der Waals surface area contributed by atoms with E-state index in [1.54, 1.807) is 13.8 Å². The summed E-state index contributed by atoms with van der Waals surface area (Å²) in [7, 11) is 0. The molecule has 0 fully saturated rings. The van der Waals surface area contributed by atoms with Crippen LogP contribution in [0.5, 0.6) is 0 Å². The second-order valence-electron chi connectivity index (χ2n) is 1.26. The van der Waals surface area contributed by atoms with E-state index in [0.29, 0.717) is 5.71 Å². The first kappa shape index (κ1) is 6.78. The third kappa shape index (κ3) is 5.78. The minimum atomic E-state index is -2.26. The van der Waals surface area contributed by atoms with Gasteiger partial charge in [-0.3, -0.25) is 4.21 Å². The Morgan fingerprint density at radius 3 is 2.14 bits per heavy atom. The smallest absolute Gasteiger partial charge is 0.0675 e. The molecule has 0 aliphatic rings. The van der Waals surface area contributed by atoms with Crippen molar-refractivity contribution in [1.29, 1.82) is 0 Å². The molecule has 0 saturated carbocycles. The second-order valence-corrected chi connectivity index (χ2v) is 1.87. The van der Waals surface area contributed by atoms with Gasteiger partial charge < -0.3 is 4.55 Å². The molecule has 0 aliphatic heterocycles. The van der Waals surface area contributed by atoms with Crippen LogP contribution < -0.4 is 0 Å². The Morgan fingerprint density at radius 2 is 2.14 bits per heavy atom. The summed E-state index contributed by atoms with van der Waals surface area (Å²) >= 11 is -2.26. The van der Waals surface area contributed by atoms with Crippen molar-refractivity contribution in [2.24, 2.45) is 4.40 Å². The SMILES string of the molecule is CC(C)=NS(=O)[O-]. The van der Waals surface area contributed by atoms with E-state index < -0.39 is 11.3 Å². The van der Waals surface area contributed by atoms with Crippen molar-refractivity contribution in [3.8, 4) is 0 Å². The highest BCUT2D eigenvalue weighted by Gasteiger charge is 1.72. The number of nitrogens with zero attached hydrogens (tertiary/aromatic N) is 1. The van der Waals surface area contributed by atoms with Crippen LogP contribution in [0.25, 0.3) is 0 Å². The molecular weight excluding hydrogens is 114 g/mol. The third-order valence-corrected chi connectivity index (χ3v) is 0.771. The zero-order valence-corrected chi connectivity index (χ0v) is 4.99. The van der Waals surface area contributed by atoms with Crippen LogP contribution in [0.1, 0.15) is 13.8 Å². The van der Waals surface area contributed by atoms with Crippen LogP contribution in [0.3, 0.4) is 0 Å². The molecule has 3 nitrogen and oxygen atoms in total. The van der Waals surface area contributed by atoms with E-state index in [4.69, 9.17) is 0 Å². The molecule has 0 saturated heterocycles. The summed E-state index contributed by atoms with van der Waals surface area (Å²) < 4.78 is 22.4. The Kier molecular flexibility index (Phi) is 2.78. The average Bonchev–Trinajstić information content (AvgIpc) is 1.27. The van der Waals surface area contributed by atoms with Crippen molar-refractivity contribution in [2.75, 3.05) is 0 Å². The number of rotatable bonds is 1. The van der Waals surface area contributed by atoms with E-state index in [0.717, 1.165) is 0 Å². The van der Waals surface area contributed by atoms with Gasteiger partial charge in [0.05, 0.1) is 11.3 Å². The second kappa shape index (κ2) is 2.87. The van der Waals surface area contributed by atoms with Gasteiger partial charge in [-0.05, 0) is 13.8 Å². The first-order valence-electron chi connectivity index (χ1n) is 1.74. The Balaban J connectivity index is 3.68. The molecule has 0 aromatic carbocycles. The highest BCUT2D eigenvalue weighted by molar-refractivity contribution is 7.77. The lowest BCUT2D eigenvalue weighted by molar-refractivity contribution is 0.539.